The first-order valence-corrected chi connectivity index (χ1v) is 12.0. The Balaban J connectivity index is 1.39. The zero-order valence-electron chi connectivity index (χ0n) is 20.2. The number of ether oxygens (including phenoxy) is 2. The van der Waals surface area contributed by atoms with Crippen LogP contribution in [0, 0.1) is 10.1 Å². The summed E-state index contributed by atoms with van der Waals surface area (Å²) in [5.41, 5.74) is 2.58. The first-order valence-electron chi connectivity index (χ1n) is 12.0. The van der Waals surface area contributed by atoms with Crippen LogP contribution < -0.4 is 10.6 Å². The molecule has 0 aliphatic carbocycles. The number of nitro benzene ring substituents is 1. The lowest BCUT2D eigenvalue weighted by molar-refractivity contribution is -0.384. The molecule has 1 amide bonds. The summed E-state index contributed by atoms with van der Waals surface area (Å²) in [6.07, 6.45) is 5.08. The summed E-state index contributed by atoms with van der Waals surface area (Å²) in [5.74, 6) is -0.434. The minimum atomic E-state index is -0.502. The molecular weight excluding hydrogens is 460 g/mol. The maximum Gasteiger partial charge on any atom is 0.293 e. The molecule has 1 aliphatic rings. The molecule has 0 saturated carbocycles. The fourth-order valence-electron chi connectivity index (χ4n) is 4.07. The van der Waals surface area contributed by atoms with Crippen molar-refractivity contribution in [1.29, 1.82) is 0 Å². The van der Waals surface area contributed by atoms with Crippen molar-refractivity contribution in [1.82, 2.24) is 4.98 Å². The summed E-state index contributed by atoms with van der Waals surface area (Å²) in [6.45, 7) is 3.60. The molecule has 2 unspecified atom stereocenters. The molecule has 36 heavy (non-hydrogen) atoms. The van der Waals surface area contributed by atoms with Crippen molar-refractivity contribution in [3.05, 3.63) is 93.8 Å². The van der Waals surface area contributed by atoms with Gasteiger partial charge in [-0.2, -0.15) is 0 Å². The molecule has 2 N–H and O–H groups in total. The van der Waals surface area contributed by atoms with Gasteiger partial charge in [-0.25, -0.2) is 0 Å². The molecular formula is C27H30N4O5. The van der Waals surface area contributed by atoms with Crippen LogP contribution in [0.1, 0.15) is 53.8 Å². The molecule has 0 radical (unpaired) electrons. The van der Waals surface area contributed by atoms with Crippen molar-refractivity contribution in [2.75, 3.05) is 23.8 Å². The Morgan fingerprint density at radius 2 is 2.08 bits per heavy atom. The summed E-state index contributed by atoms with van der Waals surface area (Å²) >= 11 is 0. The Morgan fingerprint density at radius 3 is 2.83 bits per heavy atom. The highest BCUT2D eigenvalue weighted by molar-refractivity contribution is 6.05. The average Bonchev–Trinajstić information content (AvgIpc) is 2.90. The van der Waals surface area contributed by atoms with Crippen molar-refractivity contribution in [2.24, 2.45) is 0 Å². The van der Waals surface area contributed by atoms with E-state index in [4.69, 9.17) is 9.47 Å². The first kappa shape index (κ1) is 25.3. The van der Waals surface area contributed by atoms with Crippen LogP contribution in [0.4, 0.5) is 17.1 Å². The molecule has 1 aliphatic heterocycles. The number of hydrogen-bond acceptors (Lipinski definition) is 7. The highest BCUT2D eigenvalue weighted by Gasteiger charge is 2.20. The lowest BCUT2D eigenvalue weighted by atomic mass is 10.1. The number of amides is 1. The zero-order valence-corrected chi connectivity index (χ0v) is 20.2. The molecule has 2 atom stereocenters. The van der Waals surface area contributed by atoms with Crippen LogP contribution in [0.3, 0.4) is 0 Å². The van der Waals surface area contributed by atoms with Gasteiger partial charge in [0, 0.05) is 30.1 Å². The van der Waals surface area contributed by atoms with Crippen LogP contribution in [-0.2, 0) is 16.1 Å². The topological polar surface area (TPSA) is 116 Å². The maximum atomic E-state index is 12.9. The number of carbonyl (C=O) groups is 1. The van der Waals surface area contributed by atoms with E-state index in [9.17, 15) is 14.9 Å². The lowest BCUT2D eigenvalue weighted by Crippen LogP contribution is -2.24. The van der Waals surface area contributed by atoms with Crippen molar-refractivity contribution in [2.45, 2.75) is 44.9 Å². The molecule has 9 heteroatoms. The molecule has 1 aromatic heterocycles. The molecule has 4 rings (SSSR count). The van der Waals surface area contributed by atoms with E-state index in [1.807, 2.05) is 37.3 Å². The van der Waals surface area contributed by atoms with E-state index in [-0.39, 0.29) is 23.4 Å². The van der Waals surface area contributed by atoms with E-state index < -0.39 is 10.8 Å². The van der Waals surface area contributed by atoms with Gasteiger partial charge in [0.25, 0.3) is 11.6 Å². The van der Waals surface area contributed by atoms with Crippen LogP contribution >= 0.6 is 0 Å². The Hall–Kier alpha value is -3.82. The Morgan fingerprint density at radius 1 is 1.19 bits per heavy atom. The fraction of sp³-hybridized carbons (Fsp3) is 0.333. The molecule has 1 fully saturated rings. The number of nitrogens with zero attached hydrogens (tertiary/aromatic N) is 2. The third kappa shape index (κ3) is 6.87. The third-order valence-electron chi connectivity index (χ3n) is 5.99. The second-order valence-corrected chi connectivity index (χ2v) is 8.77. The zero-order chi connectivity index (χ0) is 25.3. The molecule has 3 aromatic rings. The maximum absolute atomic E-state index is 12.9. The van der Waals surface area contributed by atoms with Crippen LogP contribution in [0.15, 0.2) is 66.9 Å². The molecule has 0 bridgehead atoms. The van der Waals surface area contributed by atoms with Crippen molar-refractivity contribution < 1.29 is 19.2 Å². The monoisotopic (exact) mass is 490 g/mol. The van der Waals surface area contributed by atoms with Gasteiger partial charge in [0.05, 0.1) is 36.0 Å². The van der Waals surface area contributed by atoms with Crippen LogP contribution in [-0.4, -0.2) is 35.1 Å². The van der Waals surface area contributed by atoms with E-state index in [1.165, 1.54) is 6.07 Å². The number of carbonyl (C=O) groups excluding carboxylic acids is 1. The molecule has 2 heterocycles. The lowest BCUT2D eigenvalue weighted by Gasteiger charge is -2.22. The Bertz CT molecular complexity index is 1180. The molecule has 188 valence electrons. The van der Waals surface area contributed by atoms with Gasteiger partial charge in [0.1, 0.15) is 5.69 Å². The van der Waals surface area contributed by atoms with Crippen molar-refractivity contribution in [3.63, 3.8) is 0 Å². The molecule has 9 nitrogen and oxygen atoms in total. The second-order valence-electron chi connectivity index (χ2n) is 8.77. The molecule has 2 aromatic carbocycles. The SMILES string of the molecule is CC(Nc1ccc(C(=O)Nc2cccc(COCC3CCCCO3)c2)cc1[N+](=O)[O-])c1ccccn1. The van der Waals surface area contributed by atoms with Crippen LogP contribution in [0.25, 0.3) is 0 Å². The van der Waals surface area contributed by atoms with E-state index >= 15 is 0 Å². The van der Waals surface area contributed by atoms with Crippen molar-refractivity contribution >= 4 is 23.0 Å². The number of pyridine rings is 1. The Kier molecular flexibility index (Phi) is 8.59. The van der Waals surface area contributed by atoms with Crippen LogP contribution in [0.2, 0.25) is 0 Å². The number of rotatable bonds is 10. The highest BCUT2D eigenvalue weighted by atomic mass is 16.6. The standard InChI is InChI=1S/C27H30N4O5/c1-19(24-10-2-4-13-28-24)29-25-12-11-21(16-26(25)31(33)34)27(32)30-22-8-6-7-20(15-22)17-35-18-23-9-3-5-14-36-23/h2,4,6-8,10-13,15-16,19,23,29H,3,5,9,14,17-18H2,1H3,(H,30,32). The molecule has 0 spiro atoms. The summed E-state index contributed by atoms with van der Waals surface area (Å²) in [5, 5.41) is 17.7. The number of benzene rings is 2. The minimum Gasteiger partial charge on any atom is -0.376 e. The predicted octanol–water partition coefficient (Wildman–Crippen LogP) is 5.50. The quantitative estimate of drug-likeness (QED) is 0.285. The highest BCUT2D eigenvalue weighted by Crippen LogP contribution is 2.29. The largest absolute Gasteiger partial charge is 0.376 e. The number of nitro groups is 1. The summed E-state index contributed by atoms with van der Waals surface area (Å²) in [7, 11) is 0. The normalized spacial score (nSPS) is 16.2. The fourth-order valence-corrected chi connectivity index (χ4v) is 4.07. The summed E-state index contributed by atoms with van der Waals surface area (Å²) in [6, 6.07) is 17.0. The number of hydrogen-bond donors (Lipinski definition) is 2. The van der Waals surface area contributed by atoms with Gasteiger partial charge < -0.3 is 20.1 Å². The van der Waals surface area contributed by atoms with Gasteiger partial charge in [-0.05, 0) is 68.1 Å². The summed E-state index contributed by atoms with van der Waals surface area (Å²) in [4.78, 5) is 28.4. The summed E-state index contributed by atoms with van der Waals surface area (Å²) < 4.78 is 11.5. The van der Waals surface area contributed by atoms with E-state index in [2.05, 4.69) is 15.6 Å². The number of nitrogens with one attached hydrogen (secondary N) is 2. The van der Waals surface area contributed by atoms with Gasteiger partial charge in [-0.3, -0.25) is 19.9 Å². The van der Waals surface area contributed by atoms with Gasteiger partial charge >= 0.3 is 0 Å². The Labute approximate surface area is 210 Å². The van der Waals surface area contributed by atoms with E-state index in [0.29, 0.717) is 24.6 Å². The first-order chi connectivity index (χ1) is 17.5. The smallest absolute Gasteiger partial charge is 0.293 e. The van der Waals surface area contributed by atoms with Crippen LogP contribution in [0.5, 0.6) is 0 Å². The van der Waals surface area contributed by atoms with Crippen molar-refractivity contribution in [3.8, 4) is 0 Å². The number of aromatic nitrogens is 1. The van der Waals surface area contributed by atoms with E-state index in [0.717, 1.165) is 37.1 Å². The van der Waals surface area contributed by atoms with Gasteiger partial charge in [0.2, 0.25) is 0 Å². The minimum absolute atomic E-state index is 0.141. The number of anilines is 2. The van der Waals surface area contributed by atoms with E-state index in [1.54, 1.807) is 30.5 Å². The third-order valence-corrected chi connectivity index (χ3v) is 5.99. The second kappa shape index (κ2) is 12.2. The van der Waals surface area contributed by atoms with Gasteiger partial charge in [0.15, 0.2) is 0 Å². The molecule has 1 saturated heterocycles. The van der Waals surface area contributed by atoms with Gasteiger partial charge in [-0.1, -0.05) is 18.2 Å². The van der Waals surface area contributed by atoms with Gasteiger partial charge in [-0.15, -0.1) is 0 Å². The predicted molar refractivity (Wildman–Crippen MR) is 137 cm³/mol. The average molecular weight is 491 g/mol.